The second-order valence-corrected chi connectivity index (χ2v) is 7.43. The van der Waals surface area contributed by atoms with E-state index in [2.05, 4.69) is 22.4 Å². The Kier molecular flexibility index (Phi) is 6.33. The number of aryl methyl sites for hydroxylation is 1. The highest BCUT2D eigenvalue weighted by Crippen LogP contribution is 2.21. The summed E-state index contributed by atoms with van der Waals surface area (Å²) >= 11 is 1.41. The van der Waals surface area contributed by atoms with E-state index in [1.807, 2.05) is 9.80 Å². The average Bonchev–Trinajstić information content (AvgIpc) is 3.25. The van der Waals surface area contributed by atoms with Gasteiger partial charge in [0.25, 0.3) is 0 Å². The molecule has 1 aromatic rings. The van der Waals surface area contributed by atoms with Crippen molar-refractivity contribution < 1.29 is 14.3 Å². The summed E-state index contributed by atoms with van der Waals surface area (Å²) in [4.78, 5) is 28.9. The van der Waals surface area contributed by atoms with E-state index >= 15 is 0 Å². The first-order chi connectivity index (χ1) is 12.2. The second kappa shape index (κ2) is 8.68. The predicted molar refractivity (Wildman–Crippen MR) is 94.5 cm³/mol. The van der Waals surface area contributed by atoms with E-state index in [9.17, 15) is 9.59 Å². The zero-order valence-electron chi connectivity index (χ0n) is 14.6. The summed E-state index contributed by atoms with van der Waals surface area (Å²) in [5, 5.41) is 12.3. The van der Waals surface area contributed by atoms with E-state index in [0.29, 0.717) is 31.4 Å². The van der Waals surface area contributed by atoms with E-state index < -0.39 is 0 Å². The Labute approximate surface area is 151 Å². The molecule has 138 valence electrons. The molecule has 0 aromatic carbocycles. The number of hydrogen-bond donors (Lipinski definition) is 1. The predicted octanol–water partition coefficient (Wildman–Crippen LogP) is 0.752. The van der Waals surface area contributed by atoms with Gasteiger partial charge in [0.2, 0.25) is 16.9 Å². The van der Waals surface area contributed by atoms with Crippen molar-refractivity contribution >= 4 is 28.3 Å². The fourth-order valence-electron chi connectivity index (χ4n) is 3.25. The monoisotopic (exact) mass is 367 g/mol. The summed E-state index contributed by atoms with van der Waals surface area (Å²) in [6.07, 6.45) is 3.62. The molecule has 0 radical (unpaired) electrons. The smallest absolute Gasteiger partial charge is 0.240 e. The van der Waals surface area contributed by atoms with Crippen LogP contribution in [0.1, 0.15) is 31.2 Å². The van der Waals surface area contributed by atoms with Crippen molar-refractivity contribution in [1.29, 1.82) is 0 Å². The van der Waals surface area contributed by atoms with Gasteiger partial charge in [-0.05, 0) is 25.8 Å². The summed E-state index contributed by atoms with van der Waals surface area (Å²) in [7, 11) is 0. The van der Waals surface area contributed by atoms with Crippen LogP contribution < -0.4 is 5.32 Å². The molecule has 0 spiro atoms. The number of hydrogen-bond acceptors (Lipinski definition) is 7. The number of aromatic nitrogens is 2. The van der Waals surface area contributed by atoms with Crippen LogP contribution in [0.15, 0.2) is 0 Å². The summed E-state index contributed by atoms with van der Waals surface area (Å²) in [5.41, 5.74) is 0. The maximum absolute atomic E-state index is 12.7. The van der Waals surface area contributed by atoms with Crippen molar-refractivity contribution in [3.8, 4) is 0 Å². The Balaban J connectivity index is 1.53. The summed E-state index contributed by atoms with van der Waals surface area (Å²) in [5.74, 6) is -0.0179. The van der Waals surface area contributed by atoms with E-state index in [-0.39, 0.29) is 24.4 Å². The number of morpholine rings is 1. The molecule has 1 unspecified atom stereocenters. The van der Waals surface area contributed by atoms with Gasteiger partial charge in [-0.1, -0.05) is 18.3 Å². The summed E-state index contributed by atoms with van der Waals surface area (Å²) < 4.78 is 5.31. The van der Waals surface area contributed by atoms with Gasteiger partial charge < -0.3 is 9.64 Å². The molecule has 0 aliphatic carbocycles. The lowest BCUT2D eigenvalue weighted by atomic mass is 10.2. The molecule has 2 saturated heterocycles. The molecule has 1 atom stereocenters. The lowest BCUT2D eigenvalue weighted by Gasteiger charge is -2.32. The topological polar surface area (TPSA) is 87.7 Å². The van der Waals surface area contributed by atoms with Crippen LogP contribution in [0.25, 0.3) is 0 Å². The van der Waals surface area contributed by atoms with Crippen LogP contribution in [-0.2, 0) is 20.7 Å². The molecular weight excluding hydrogens is 342 g/mol. The van der Waals surface area contributed by atoms with Crippen LogP contribution in [0, 0.1) is 0 Å². The maximum atomic E-state index is 12.7. The van der Waals surface area contributed by atoms with Gasteiger partial charge in [0, 0.05) is 19.5 Å². The Hall–Kier alpha value is -1.58. The number of carbonyl (C=O) groups is 2. The normalized spacial score (nSPS) is 21.5. The second-order valence-electron chi connectivity index (χ2n) is 6.37. The molecule has 2 fully saturated rings. The average molecular weight is 367 g/mol. The van der Waals surface area contributed by atoms with Gasteiger partial charge in [0.15, 0.2) is 0 Å². The Morgan fingerprint density at radius 2 is 2.08 bits per heavy atom. The number of nitrogens with zero attached hydrogens (tertiary/aromatic N) is 4. The number of amides is 2. The van der Waals surface area contributed by atoms with Crippen molar-refractivity contribution in [3.63, 3.8) is 0 Å². The number of likely N-dealkylation sites (tertiary alicyclic amines) is 1. The third kappa shape index (κ3) is 4.74. The molecule has 1 N–H and O–H groups in total. The largest absolute Gasteiger partial charge is 0.378 e. The molecule has 3 heterocycles. The standard InChI is InChI=1S/C16H25N5O3S/c1-2-4-14-18-19-16(25-14)17-13(22)11-21-6-3-5-12(21)15(23)20-7-9-24-10-8-20/h12H,2-11H2,1H3,(H,17,19,22). The van der Waals surface area contributed by atoms with E-state index in [1.54, 1.807) is 0 Å². The number of nitrogens with one attached hydrogen (secondary N) is 1. The lowest BCUT2D eigenvalue weighted by Crippen LogP contribution is -2.50. The van der Waals surface area contributed by atoms with Crippen LogP contribution >= 0.6 is 11.3 Å². The molecule has 3 rings (SSSR count). The van der Waals surface area contributed by atoms with Crippen LogP contribution in [0.4, 0.5) is 5.13 Å². The number of rotatable bonds is 6. The highest BCUT2D eigenvalue weighted by molar-refractivity contribution is 7.15. The first kappa shape index (κ1) is 18.2. The molecule has 9 heteroatoms. The molecule has 2 aliphatic heterocycles. The van der Waals surface area contributed by atoms with Gasteiger partial charge in [0.1, 0.15) is 5.01 Å². The van der Waals surface area contributed by atoms with Crippen molar-refractivity contribution in [2.45, 2.75) is 38.6 Å². The third-order valence-corrected chi connectivity index (χ3v) is 5.39. The highest BCUT2D eigenvalue weighted by Gasteiger charge is 2.35. The minimum atomic E-state index is -0.200. The minimum absolute atomic E-state index is 0.120. The van der Waals surface area contributed by atoms with Crippen LogP contribution in [0.5, 0.6) is 0 Å². The van der Waals surface area contributed by atoms with Crippen LogP contribution in [-0.4, -0.2) is 77.2 Å². The van der Waals surface area contributed by atoms with Crippen molar-refractivity contribution in [1.82, 2.24) is 20.0 Å². The van der Waals surface area contributed by atoms with Gasteiger partial charge in [-0.2, -0.15) is 0 Å². The molecule has 0 saturated carbocycles. The third-order valence-electron chi connectivity index (χ3n) is 4.50. The zero-order chi connectivity index (χ0) is 17.6. The number of ether oxygens (including phenoxy) is 1. The van der Waals surface area contributed by atoms with E-state index in [4.69, 9.17) is 4.74 Å². The van der Waals surface area contributed by atoms with E-state index in [0.717, 1.165) is 37.2 Å². The molecule has 25 heavy (non-hydrogen) atoms. The SMILES string of the molecule is CCCc1nnc(NC(=O)CN2CCCC2C(=O)N2CCOCC2)s1. The minimum Gasteiger partial charge on any atom is -0.378 e. The van der Waals surface area contributed by atoms with Crippen molar-refractivity contribution in [2.24, 2.45) is 0 Å². The van der Waals surface area contributed by atoms with Crippen LogP contribution in [0.3, 0.4) is 0 Å². The van der Waals surface area contributed by atoms with Crippen molar-refractivity contribution in [2.75, 3.05) is 44.7 Å². The zero-order valence-corrected chi connectivity index (χ0v) is 15.4. The lowest BCUT2D eigenvalue weighted by molar-refractivity contribution is -0.140. The quantitative estimate of drug-likeness (QED) is 0.798. The highest BCUT2D eigenvalue weighted by atomic mass is 32.1. The van der Waals surface area contributed by atoms with Gasteiger partial charge in [0.05, 0.1) is 25.8 Å². The molecule has 0 bridgehead atoms. The number of anilines is 1. The molecule has 2 amide bonds. The van der Waals surface area contributed by atoms with Crippen molar-refractivity contribution in [3.05, 3.63) is 5.01 Å². The maximum Gasteiger partial charge on any atom is 0.240 e. The fourth-order valence-corrected chi connectivity index (χ4v) is 4.11. The first-order valence-electron chi connectivity index (χ1n) is 8.90. The molecular formula is C16H25N5O3S. The van der Waals surface area contributed by atoms with Gasteiger partial charge in [-0.3, -0.25) is 19.8 Å². The number of carbonyl (C=O) groups excluding carboxylic acids is 2. The Morgan fingerprint density at radius 1 is 1.28 bits per heavy atom. The van der Waals surface area contributed by atoms with Crippen LogP contribution in [0.2, 0.25) is 0 Å². The van der Waals surface area contributed by atoms with E-state index in [1.165, 1.54) is 11.3 Å². The van der Waals surface area contributed by atoms with Gasteiger partial charge in [-0.15, -0.1) is 10.2 Å². The fraction of sp³-hybridized carbons (Fsp3) is 0.750. The van der Waals surface area contributed by atoms with Gasteiger partial charge >= 0.3 is 0 Å². The Bertz CT molecular complexity index is 602. The summed E-state index contributed by atoms with van der Waals surface area (Å²) in [6.45, 7) is 5.53. The molecule has 2 aliphatic rings. The summed E-state index contributed by atoms with van der Waals surface area (Å²) in [6, 6.07) is -0.200. The molecule has 8 nitrogen and oxygen atoms in total. The molecule has 1 aromatic heterocycles. The van der Waals surface area contributed by atoms with Gasteiger partial charge in [-0.25, -0.2) is 0 Å². The Morgan fingerprint density at radius 3 is 2.84 bits per heavy atom. The first-order valence-corrected chi connectivity index (χ1v) is 9.72.